The molecule has 0 spiro atoms. The summed E-state index contributed by atoms with van der Waals surface area (Å²) in [5.41, 5.74) is 8.41. The van der Waals surface area contributed by atoms with Crippen molar-refractivity contribution in [3.05, 3.63) is 87.7 Å². The Balaban J connectivity index is 1.40. The summed E-state index contributed by atoms with van der Waals surface area (Å²) in [5.74, 6) is -0.384. The lowest BCUT2D eigenvalue weighted by molar-refractivity contribution is 0.388. The molecule has 0 saturated heterocycles. The van der Waals surface area contributed by atoms with Crippen molar-refractivity contribution in [1.82, 2.24) is 15.1 Å². The predicted octanol–water partition coefficient (Wildman–Crippen LogP) is 6.43. The molecular formula is C28H24FN3O2. The largest absolute Gasteiger partial charge is 0.439 e. The summed E-state index contributed by atoms with van der Waals surface area (Å²) < 4.78 is 20.4. The molecule has 0 fully saturated rings. The third-order valence-corrected chi connectivity index (χ3v) is 6.84. The van der Waals surface area contributed by atoms with Crippen molar-refractivity contribution in [3.63, 3.8) is 0 Å². The number of aromatic nitrogens is 3. The van der Waals surface area contributed by atoms with Crippen LogP contribution in [0.15, 0.2) is 63.9 Å². The molecule has 170 valence electrons. The first-order valence-electron chi connectivity index (χ1n) is 11.7. The number of halogens is 1. The van der Waals surface area contributed by atoms with Crippen LogP contribution in [-0.4, -0.2) is 15.1 Å². The molecule has 0 aliphatic heterocycles. The van der Waals surface area contributed by atoms with E-state index in [9.17, 15) is 4.79 Å². The van der Waals surface area contributed by atoms with Crippen LogP contribution in [-0.2, 0) is 19.3 Å². The molecule has 34 heavy (non-hydrogen) atoms. The van der Waals surface area contributed by atoms with Crippen molar-refractivity contribution in [1.29, 1.82) is 0 Å². The molecule has 2 heterocycles. The number of nitrogens with one attached hydrogen (secondary N) is 2. The Bertz CT molecular complexity index is 1570. The number of H-pyrrole nitrogens is 2. The van der Waals surface area contributed by atoms with Gasteiger partial charge in [-0.1, -0.05) is 67.0 Å². The Morgan fingerprint density at radius 2 is 1.76 bits per heavy atom. The number of benzene rings is 3. The highest BCUT2D eigenvalue weighted by Crippen LogP contribution is 2.41. The first kappa shape index (κ1) is 20.7. The molecule has 0 amide bonds. The van der Waals surface area contributed by atoms with E-state index in [0.717, 1.165) is 71.0 Å². The van der Waals surface area contributed by atoms with Crippen LogP contribution in [0.4, 0.5) is 4.39 Å². The molecule has 5 aromatic rings. The molecule has 0 unspecified atom stereocenters. The van der Waals surface area contributed by atoms with Gasteiger partial charge in [0.15, 0.2) is 11.6 Å². The van der Waals surface area contributed by atoms with E-state index in [1.54, 1.807) is 0 Å². The van der Waals surface area contributed by atoms with E-state index in [4.69, 9.17) is 0 Å². The van der Waals surface area contributed by atoms with E-state index in [-0.39, 0.29) is 5.82 Å². The zero-order valence-electron chi connectivity index (χ0n) is 18.9. The van der Waals surface area contributed by atoms with Crippen LogP contribution in [0.25, 0.3) is 44.7 Å². The summed E-state index contributed by atoms with van der Waals surface area (Å²) >= 11 is 0. The van der Waals surface area contributed by atoms with Crippen molar-refractivity contribution in [2.45, 2.75) is 39.0 Å². The first-order chi connectivity index (χ1) is 16.6. The van der Waals surface area contributed by atoms with Crippen LogP contribution in [0, 0.1) is 5.82 Å². The second-order valence-corrected chi connectivity index (χ2v) is 8.94. The second kappa shape index (κ2) is 8.13. The van der Waals surface area contributed by atoms with Crippen molar-refractivity contribution < 1.29 is 8.91 Å². The number of aromatic amines is 2. The average molecular weight is 454 g/mol. The number of fused-ring (bicyclic) bond motifs is 5. The van der Waals surface area contributed by atoms with E-state index >= 15 is 4.39 Å². The van der Waals surface area contributed by atoms with Crippen LogP contribution in [0.1, 0.15) is 36.5 Å². The fourth-order valence-electron chi connectivity index (χ4n) is 5.03. The molecule has 2 aromatic heterocycles. The van der Waals surface area contributed by atoms with Crippen LogP contribution in [0.3, 0.4) is 0 Å². The van der Waals surface area contributed by atoms with Gasteiger partial charge in [0.05, 0.1) is 11.2 Å². The normalized spacial score (nSPS) is 12.6. The van der Waals surface area contributed by atoms with Gasteiger partial charge in [0.1, 0.15) is 0 Å². The molecule has 1 aliphatic rings. The topological polar surface area (TPSA) is 74.7 Å². The molecule has 1 aliphatic carbocycles. The third kappa shape index (κ3) is 3.37. The van der Waals surface area contributed by atoms with Crippen molar-refractivity contribution in [2.24, 2.45) is 0 Å². The molecular weight excluding hydrogens is 429 g/mol. The zero-order chi connectivity index (χ0) is 23.2. The van der Waals surface area contributed by atoms with Gasteiger partial charge in [-0.2, -0.15) is 0 Å². The number of hydrogen-bond donors (Lipinski definition) is 2. The first-order valence-corrected chi connectivity index (χ1v) is 11.7. The molecule has 0 atom stereocenters. The molecule has 0 radical (unpaired) electrons. The summed E-state index contributed by atoms with van der Waals surface area (Å²) in [6, 6.07) is 18.1. The van der Waals surface area contributed by atoms with E-state index in [1.807, 2.05) is 42.5 Å². The minimum absolute atomic E-state index is 0.216. The quantitative estimate of drug-likeness (QED) is 0.322. The van der Waals surface area contributed by atoms with Gasteiger partial charge in [0.2, 0.25) is 0 Å². The average Bonchev–Trinajstić information content (AvgIpc) is 3.47. The highest BCUT2D eigenvalue weighted by Gasteiger charge is 2.24. The lowest BCUT2D eigenvalue weighted by Crippen LogP contribution is -2.03. The van der Waals surface area contributed by atoms with Gasteiger partial charge in [-0.25, -0.2) is 9.18 Å². The highest BCUT2D eigenvalue weighted by molar-refractivity contribution is 5.95. The Kier molecular flexibility index (Phi) is 4.94. The maximum absolute atomic E-state index is 15.7. The Hall–Kier alpha value is -3.93. The smallest absolute Gasteiger partial charge is 0.352 e. The van der Waals surface area contributed by atoms with Crippen LogP contribution in [0.2, 0.25) is 0 Å². The lowest BCUT2D eigenvalue weighted by Gasteiger charge is -2.17. The Morgan fingerprint density at radius 3 is 2.53 bits per heavy atom. The second-order valence-electron chi connectivity index (χ2n) is 8.94. The number of hydrogen-bond acceptors (Lipinski definition) is 3. The summed E-state index contributed by atoms with van der Waals surface area (Å²) in [7, 11) is 0. The maximum Gasteiger partial charge on any atom is 0.439 e. The van der Waals surface area contributed by atoms with Crippen molar-refractivity contribution in [3.8, 4) is 33.8 Å². The van der Waals surface area contributed by atoms with Crippen molar-refractivity contribution >= 4 is 10.9 Å². The summed E-state index contributed by atoms with van der Waals surface area (Å²) in [4.78, 5) is 17.3. The lowest BCUT2D eigenvalue weighted by atomic mass is 9.87. The predicted molar refractivity (Wildman–Crippen MR) is 131 cm³/mol. The number of rotatable bonds is 5. The van der Waals surface area contributed by atoms with E-state index in [1.165, 1.54) is 5.56 Å². The standard InChI is InChI=1S/C28H24FN3O2/c1-2-3-4-16-5-7-17(8-6-16)20-13-14-23-22-12-9-18-15-19(27-31-28(33)34-32-27)10-11-21(18)25(22)30-26(23)24(20)29/h5-8,10-11,13-15,30H,2-4,9,12H2,1H3,(H,31,32,33). The Labute approximate surface area is 195 Å². The molecule has 2 N–H and O–H groups in total. The fraction of sp³-hybridized carbons (Fsp3) is 0.214. The third-order valence-electron chi connectivity index (χ3n) is 6.84. The maximum atomic E-state index is 15.7. The van der Waals surface area contributed by atoms with Crippen LogP contribution >= 0.6 is 0 Å². The monoisotopic (exact) mass is 453 g/mol. The molecule has 0 bridgehead atoms. The minimum atomic E-state index is -0.576. The fourth-order valence-corrected chi connectivity index (χ4v) is 5.03. The summed E-state index contributed by atoms with van der Waals surface area (Å²) in [6.45, 7) is 2.19. The highest BCUT2D eigenvalue weighted by atomic mass is 19.1. The van der Waals surface area contributed by atoms with Crippen LogP contribution < -0.4 is 5.76 Å². The molecule has 6 heteroatoms. The molecule has 0 saturated carbocycles. The van der Waals surface area contributed by atoms with E-state index in [2.05, 4.69) is 38.7 Å². The van der Waals surface area contributed by atoms with Gasteiger partial charge in [-0.05, 0) is 54.0 Å². The minimum Gasteiger partial charge on any atom is -0.352 e. The number of unbranched alkanes of at least 4 members (excludes halogenated alkanes) is 1. The van der Waals surface area contributed by atoms with Crippen molar-refractivity contribution in [2.75, 3.05) is 0 Å². The van der Waals surface area contributed by atoms with Crippen LogP contribution in [0.5, 0.6) is 0 Å². The zero-order valence-corrected chi connectivity index (χ0v) is 18.9. The number of aryl methyl sites for hydroxylation is 3. The van der Waals surface area contributed by atoms with Gasteiger partial charge < -0.3 is 4.98 Å². The number of nitrogens with zero attached hydrogens (tertiary/aromatic N) is 1. The summed E-state index contributed by atoms with van der Waals surface area (Å²) in [6.07, 6.45) is 5.01. The van der Waals surface area contributed by atoms with E-state index < -0.39 is 5.76 Å². The summed E-state index contributed by atoms with van der Waals surface area (Å²) in [5, 5.41) is 4.72. The van der Waals surface area contributed by atoms with Gasteiger partial charge in [0, 0.05) is 22.1 Å². The van der Waals surface area contributed by atoms with E-state index in [0.29, 0.717) is 16.9 Å². The molecule has 3 aromatic carbocycles. The van der Waals surface area contributed by atoms with Gasteiger partial charge >= 0.3 is 5.76 Å². The Morgan fingerprint density at radius 1 is 0.971 bits per heavy atom. The van der Waals surface area contributed by atoms with Gasteiger partial charge in [-0.3, -0.25) is 9.51 Å². The molecule has 5 nitrogen and oxygen atoms in total. The SMILES string of the molecule is CCCCc1ccc(-c2ccc3c4c([nH]c3c2F)-c2ccc(-c3noc(=O)[nH]3)cc2CC4)cc1. The van der Waals surface area contributed by atoms with Gasteiger partial charge in [-0.15, -0.1) is 0 Å². The molecule has 6 rings (SSSR count). The van der Waals surface area contributed by atoms with Gasteiger partial charge in [0.25, 0.3) is 0 Å².